The number of benzene rings is 2. The zero-order valence-corrected chi connectivity index (χ0v) is 15.8. The lowest BCUT2D eigenvalue weighted by molar-refractivity contribution is 0.906. The second kappa shape index (κ2) is 7.99. The maximum absolute atomic E-state index is 4.34. The van der Waals surface area contributed by atoms with Gasteiger partial charge >= 0.3 is 0 Å². The molecule has 0 saturated heterocycles. The van der Waals surface area contributed by atoms with Crippen LogP contribution < -0.4 is 5.46 Å². The molecule has 0 aromatic heterocycles. The van der Waals surface area contributed by atoms with Crippen LogP contribution in [0.25, 0.3) is 5.57 Å². The van der Waals surface area contributed by atoms with E-state index in [1.807, 2.05) is 0 Å². The van der Waals surface area contributed by atoms with Gasteiger partial charge in [0, 0.05) is 0 Å². The molecule has 0 aliphatic carbocycles. The highest BCUT2D eigenvalue weighted by Crippen LogP contribution is 2.23. The van der Waals surface area contributed by atoms with Gasteiger partial charge in [0.25, 0.3) is 0 Å². The first-order valence-electron chi connectivity index (χ1n) is 9.00. The summed E-state index contributed by atoms with van der Waals surface area (Å²) in [4.78, 5) is 0. The predicted octanol–water partition coefficient (Wildman–Crippen LogP) is 5.01. The predicted molar refractivity (Wildman–Crippen MR) is 113 cm³/mol. The van der Waals surface area contributed by atoms with Crippen molar-refractivity contribution in [1.82, 2.24) is 0 Å². The van der Waals surface area contributed by atoms with Crippen molar-refractivity contribution < 1.29 is 0 Å². The third kappa shape index (κ3) is 3.90. The largest absolute Gasteiger partial charge is 0.158 e. The number of allylic oxidation sites excluding steroid dienone is 1. The van der Waals surface area contributed by atoms with Gasteiger partial charge in [-0.1, -0.05) is 78.4 Å². The van der Waals surface area contributed by atoms with Gasteiger partial charge in [-0.25, -0.2) is 0 Å². The van der Waals surface area contributed by atoms with E-state index >= 15 is 0 Å². The smallest absolute Gasteiger partial charge is 0.104 e. The molecule has 3 rings (SSSR count). The number of hydrogen-bond donors (Lipinski definition) is 0. The molecule has 0 fully saturated rings. The Morgan fingerprint density at radius 2 is 2.00 bits per heavy atom. The minimum atomic E-state index is 1.04. The molecule has 1 heterocycles. The van der Waals surface area contributed by atoms with Crippen LogP contribution in [-0.4, -0.2) is 19.2 Å². The summed E-state index contributed by atoms with van der Waals surface area (Å²) in [5.41, 5.74) is 8.57. The Bertz CT molecular complexity index is 773. The summed E-state index contributed by atoms with van der Waals surface area (Å²) in [5, 5.41) is 1.57. The second-order valence-electron chi connectivity index (χ2n) is 6.79. The van der Waals surface area contributed by atoms with E-state index in [4.69, 9.17) is 0 Å². The van der Waals surface area contributed by atoms with Crippen molar-refractivity contribution in [2.24, 2.45) is 0 Å². The zero-order chi connectivity index (χ0) is 16.9. The second-order valence-corrected chi connectivity index (χ2v) is 7.78. The number of rotatable bonds is 5. The van der Waals surface area contributed by atoms with Crippen LogP contribution in [0.1, 0.15) is 41.5 Å². The normalized spacial score (nSPS) is 14.0. The molecule has 0 radical (unpaired) electrons. The summed E-state index contributed by atoms with van der Waals surface area (Å²) in [5.74, 6) is 0. The van der Waals surface area contributed by atoms with Crippen LogP contribution in [0.4, 0.5) is 0 Å². The molecule has 1 aliphatic heterocycles. The van der Waals surface area contributed by atoms with Crippen LogP contribution in [0.15, 0.2) is 49.0 Å². The van der Waals surface area contributed by atoms with E-state index in [-0.39, 0.29) is 0 Å². The Hall–Kier alpha value is -1.59. The van der Waals surface area contributed by atoms with Crippen LogP contribution in [0.5, 0.6) is 0 Å². The van der Waals surface area contributed by atoms with Gasteiger partial charge in [0.15, 0.2) is 7.28 Å². The molecule has 122 valence electrons. The summed E-state index contributed by atoms with van der Waals surface area (Å²) < 4.78 is 0. The topological polar surface area (TPSA) is 0 Å². The maximum atomic E-state index is 4.34. The average molecular weight is 332 g/mol. The number of fused-ring (bicyclic) bond motifs is 1. The molecule has 24 heavy (non-hydrogen) atoms. The fraction of sp³-hybridized carbons (Fsp3) is 0.318. The lowest BCUT2D eigenvalue weighted by atomic mass is 9.58. The van der Waals surface area contributed by atoms with E-state index in [1.54, 1.807) is 16.3 Å². The van der Waals surface area contributed by atoms with Gasteiger partial charge in [0.05, 0.1) is 0 Å². The summed E-state index contributed by atoms with van der Waals surface area (Å²) in [6.45, 7) is 8.76. The molecule has 1 aliphatic rings. The van der Waals surface area contributed by atoms with E-state index in [0.29, 0.717) is 0 Å². The Morgan fingerprint density at radius 1 is 1.17 bits per heavy atom. The van der Waals surface area contributed by atoms with Gasteiger partial charge in [-0.3, -0.25) is 0 Å². The van der Waals surface area contributed by atoms with E-state index in [2.05, 4.69) is 62.6 Å². The fourth-order valence-electron chi connectivity index (χ4n) is 3.70. The quantitative estimate of drug-likeness (QED) is 0.533. The van der Waals surface area contributed by atoms with Crippen molar-refractivity contribution in [2.45, 2.75) is 38.9 Å². The number of aryl methyl sites for hydroxylation is 2. The molecule has 2 heteroatoms. The van der Waals surface area contributed by atoms with Crippen molar-refractivity contribution in [2.75, 3.05) is 6.66 Å². The third-order valence-electron chi connectivity index (χ3n) is 5.07. The summed E-state index contributed by atoms with van der Waals surface area (Å²) in [6.07, 6.45) is 6.10. The Kier molecular flexibility index (Phi) is 5.74. The van der Waals surface area contributed by atoms with Crippen molar-refractivity contribution in [3.05, 3.63) is 71.3 Å². The molecule has 0 nitrogen and oxygen atoms in total. The summed E-state index contributed by atoms with van der Waals surface area (Å²) >= 11 is 0. The van der Waals surface area contributed by atoms with Crippen LogP contribution >= 0.6 is 8.20 Å². The molecule has 2 aromatic rings. The van der Waals surface area contributed by atoms with Gasteiger partial charge in [-0.15, -0.1) is 8.20 Å². The zero-order valence-electron chi connectivity index (χ0n) is 14.9. The van der Waals surface area contributed by atoms with Crippen LogP contribution in [0.3, 0.4) is 0 Å². The van der Waals surface area contributed by atoms with Crippen molar-refractivity contribution in [3.8, 4) is 0 Å². The first-order valence-corrected chi connectivity index (χ1v) is 10.3. The molecule has 0 bridgehead atoms. The molecular weight excluding hydrogens is 306 g/mol. The van der Waals surface area contributed by atoms with E-state index in [1.165, 1.54) is 56.9 Å². The Morgan fingerprint density at radius 3 is 2.79 bits per heavy atom. The van der Waals surface area contributed by atoms with Crippen molar-refractivity contribution >= 4 is 31.8 Å². The van der Waals surface area contributed by atoms with Crippen molar-refractivity contribution in [1.29, 1.82) is 0 Å². The fourth-order valence-corrected chi connectivity index (χ4v) is 4.48. The summed E-state index contributed by atoms with van der Waals surface area (Å²) in [7, 11) is 2.65. The molecule has 0 unspecified atom stereocenters. The van der Waals surface area contributed by atoms with Crippen LogP contribution in [0.2, 0.25) is 6.32 Å². The van der Waals surface area contributed by atoms with Crippen molar-refractivity contribution in [3.63, 3.8) is 0 Å². The van der Waals surface area contributed by atoms with Gasteiger partial charge in [0.2, 0.25) is 0 Å². The minimum absolute atomic E-state index is 1.04. The molecule has 0 amide bonds. The maximum Gasteiger partial charge on any atom is 0.158 e. The number of hydrogen-bond acceptors (Lipinski definition) is 0. The summed E-state index contributed by atoms with van der Waals surface area (Å²) in [6, 6.07) is 15.6. The van der Waals surface area contributed by atoms with Gasteiger partial charge in [0.1, 0.15) is 0 Å². The first kappa shape index (κ1) is 17.2. The SMILES string of the molecule is C=C(CC/C(=P/C)c1cccc2c1BCCC2)c1cccc(C)c1. The van der Waals surface area contributed by atoms with Crippen LogP contribution in [0, 0.1) is 6.92 Å². The molecular formula is C22H26BP. The lowest BCUT2D eigenvalue weighted by Crippen LogP contribution is -2.29. The Labute approximate surface area is 149 Å². The lowest BCUT2D eigenvalue weighted by Gasteiger charge is -2.20. The molecule has 0 saturated carbocycles. The molecule has 2 aromatic carbocycles. The standard InChI is InChI=1S/C22H26BP/c1-16-7-4-9-19(15-16)17(2)12-13-21(24-3)20-11-5-8-18-10-6-14-23-22(18)20/h4-5,7-9,11,15,23H,2,6,10,12-14H2,1,3H3. The highest BCUT2D eigenvalue weighted by Gasteiger charge is 2.16. The highest BCUT2D eigenvalue weighted by molar-refractivity contribution is 7.40. The van der Waals surface area contributed by atoms with E-state index < -0.39 is 0 Å². The van der Waals surface area contributed by atoms with E-state index in [0.717, 1.165) is 12.8 Å². The molecule has 0 atom stereocenters. The first-order chi connectivity index (χ1) is 11.7. The average Bonchev–Trinajstić information content (AvgIpc) is 2.62. The van der Waals surface area contributed by atoms with Gasteiger partial charge in [-0.05, 0) is 54.8 Å². The minimum Gasteiger partial charge on any atom is -0.104 e. The molecule has 0 N–H and O–H groups in total. The molecule has 0 spiro atoms. The van der Waals surface area contributed by atoms with Gasteiger partial charge < -0.3 is 0 Å². The van der Waals surface area contributed by atoms with Gasteiger partial charge in [-0.2, -0.15) is 0 Å². The van der Waals surface area contributed by atoms with Crippen LogP contribution in [-0.2, 0) is 6.42 Å². The van der Waals surface area contributed by atoms with E-state index in [9.17, 15) is 0 Å². The monoisotopic (exact) mass is 332 g/mol. The third-order valence-corrected chi connectivity index (χ3v) is 6.07. The highest BCUT2D eigenvalue weighted by atomic mass is 31.1. The Balaban J connectivity index is 1.75.